The fourth-order valence-electron chi connectivity index (χ4n) is 3.23. The van der Waals surface area contributed by atoms with Crippen LogP contribution in [0.4, 0.5) is 10.1 Å². The van der Waals surface area contributed by atoms with Crippen LogP contribution in [0.15, 0.2) is 47.8 Å². The first kappa shape index (κ1) is 16.0. The zero-order valence-corrected chi connectivity index (χ0v) is 14.6. The highest BCUT2D eigenvalue weighted by atomic mass is 32.1. The van der Waals surface area contributed by atoms with E-state index in [0.717, 1.165) is 33.9 Å². The fraction of sp³-hybridized carbons (Fsp3) is 0.200. The van der Waals surface area contributed by atoms with Crippen molar-refractivity contribution in [3.63, 3.8) is 0 Å². The van der Waals surface area contributed by atoms with Crippen LogP contribution in [-0.4, -0.2) is 17.4 Å². The van der Waals surface area contributed by atoms with Crippen LogP contribution >= 0.6 is 11.3 Å². The van der Waals surface area contributed by atoms with E-state index in [0.29, 0.717) is 12.1 Å². The van der Waals surface area contributed by atoms with Gasteiger partial charge in [0.05, 0.1) is 17.1 Å². The average molecular weight is 352 g/mol. The lowest BCUT2D eigenvalue weighted by molar-refractivity contribution is -0.117. The minimum absolute atomic E-state index is 0.00148. The number of aryl methyl sites for hydroxylation is 1. The molecule has 4 rings (SSSR count). The molecule has 3 nitrogen and oxygen atoms in total. The molecular formula is C20H17FN2OS. The maximum Gasteiger partial charge on any atom is 0.231 e. The largest absolute Gasteiger partial charge is 0.312 e. The Hall–Kier alpha value is -2.53. The van der Waals surface area contributed by atoms with Crippen LogP contribution in [0.3, 0.4) is 0 Å². The van der Waals surface area contributed by atoms with E-state index in [1.165, 1.54) is 12.1 Å². The molecule has 3 aromatic rings. The van der Waals surface area contributed by atoms with E-state index in [1.807, 2.05) is 19.1 Å². The molecule has 1 amide bonds. The van der Waals surface area contributed by atoms with Gasteiger partial charge >= 0.3 is 0 Å². The van der Waals surface area contributed by atoms with E-state index in [2.05, 4.69) is 16.4 Å². The Bertz CT molecular complexity index is 950. The highest BCUT2D eigenvalue weighted by molar-refractivity contribution is 7.09. The van der Waals surface area contributed by atoms with Gasteiger partial charge in [-0.2, -0.15) is 0 Å². The van der Waals surface area contributed by atoms with Gasteiger partial charge in [-0.25, -0.2) is 9.37 Å². The summed E-state index contributed by atoms with van der Waals surface area (Å²) in [6.45, 7) is 2.66. The third-order valence-electron chi connectivity index (χ3n) is 4.44. The molecule has 0 unspecified atom stereocenters. The molecule has 2 heterocycles. The van der Waals surface area contributed by atoms with Gasteiger partial charge in [0.25, 0.3) is 0 Å². The molecule has 0 radical (unpaired) electrons. The number of hydrogen-bond donors (Lipinski definition) is 0. The number of halogens is 1. The summed E-state index contributed by atoms with van der Waals surface area (Å²) >= 11 is 1.63. The first-order valence-electron chi connectivity index (χ1n) is 8.20. The number of anilines is 1. The van der Waals surface area contributed by atoms with Crippen molar-refractivity contribution >= 4 is 22.9 Å². The summed E-state index contributed by atoms with van der Waals surface area (Å²) in [5.74, 6) is -0.308. The Kier molecular flexibility index (Phi) is 4.09. The van der Waals surface area contributed by atoms with E-state index in [-0.39, 0.29) is 18.1 Å². The summed E-state index contributed by atoms with van der Waals surface area (Å²) in [7, 11) is 0. The third-order valence-corrected chi connectivity index (χ3v) is 5.21. The van der Waals surface area contributed by atoms with Gasteiger partial charge in [0.15, 0.2) is 0 Å². The number of carbonyl (C=O) groups excluding carboxylic acids is 1. The lowest BCUT2D eigenvalue weighted by Gasteiger charge is -2.17. The molecule has 0 fully saturated rings. The summed E-state index contributed by atoms with van der Waals surface area (Å²) in [5, 5.41) is 3.10. The number of hydrogen-bond acceptors (Lipinski definition) is 3. The van der Waals surface area contributed by atoms with Crippen LogP contribution < -0.4 is 4.90 Å². The Morgan fingerprint density at radius 1 is 1.28 bits per heavy atom. The maximum atomic E-state index is 13.3. The first-order valence-corrected chi connectivity index (χ1v) is 9.08. The van der Waals surface area contributed by atoms with Gasteiger partial charge in [-0.3, -0.25) is 4.79 Å². The van der Waals surface area contributed by atoms with E-state index in [4.69, 9.17) is 0 Å². The maximum absolute atomic E-state index is 13.3. The average Bonchev–Trinajstić information content (AvgIpc) is 3.20. The lowest BCUT2D eigenvalue weighted by atomic mass is 10.1. The van der Waals surface area contributed by atoms with Gasteiger partial charge in [-0.1, -0.05) is 18.2 Å². The Balaban J connectivity index is 1.56. The summed E-state index contributed by atoms with van der Waals surface area (Å²) in [4.78, 5) is 19.0. The van der Waals surface area contributed by atoms with Gasteiger partial charge in [-0.05, 0) is 48.7 Å². The van der Waals surface area contributed by atoms with Crippen molar-refractivity contribution < 1.29 is 9.18 Å². The van der Waals surface area contributed by atoms with Crippen molar-refractivity contribution in [3.8, 4) is 11.3 Å². The molecule has 0 bridgehead atoms. The number of nitrogens with zero attached hydrogens (tertiary/aromatic N) is 2. The fourth-order valence-corrected chi connectivity index (χ4v) is 3.86. The molecule has 1 aliphatic heterocycles. The van der Waals surface area contributed by atoms with Crippen molar-refractivity contribution in [2.45, 2.75) is 19.8 Å². The van der Waals surface area contributed by atoms with Gasteiger partial charge < -0.3 is 4.90 Å². The predicted molar refractivity (Wildman–Crippen MR) is 98.4 cm³/mol. The summed E-state index contributed by atoms with van der Waals surface area (Å²) in [5.41, 5.74) is 4.89. The van der Waals surface area contributed by atoms with Crippen LogP contribution in [-0.2, 0) is 17.6 Å². The zero-order chi connectivity index (χ0) is 17.4. The monoisotopic (exact) mass is 352 g/mol. The number of fused-ring (bicyclic) bond motifs is 1. The van der Waals surface area contributed by atoms with Gasteiger partial charge in [0.1, 0.15) is 5.82 Å². The van der Waals surface area contributed by atoms with Gasteiger partial charge in [0, 0.05) is 23.2 Å². The number of amides is 1. The van der Waals surface area contributed by atoms with E-state index >= 15 is 0 Å². The SMILES string of the molecule is Cc1nc(-c2ccc3c(c2)CCN3C(=O)Cc2cccc(F)c2)cs1. The summed E-state index contributed by atoms with van der Waals surface area (Å²) < 4.78 is 13.3. The molecule has 0 spiro atoms. The molecule has 5 heteroatoms. The lowest BCUT2D eigenvalue weighted by Crippen LogP contribution is -2.30. The Morgan fingerprint density at radius 2 is 2.16 bits per heavy atom. The molecule has 0 atom stereocenters. The Labute approximate surface area is 149 Å². The normalized spacial score (nSPS) is 13.1. The molecule has 126 valence electrons. The second-order valence-corrected chi connectivity index (χ2v) is 7.26. The number of thiazole rings is 1. The minimum atomic E-state index is -0.310. The van der Waals surface area contributed by atoms with Crippen molar-refractivity contribution in [3.05, 3.63) is 69.8 Å². The number of rotatable bonds is 3. The molecule has 0 N–H and O–H groups in total. The smallest absolute Gasteiger partial charge is 0.231 e. The molecule has 0 aliphatic carbocycles. The summed E-state index contributed by atoms with van der Waals surface area (Å²) in [6.07, 6.45) is 1.05. The molecule has 25 heavy (non-hydrogen) atoms. The predicted octanol–water partition coefficient (Wildman–Crippen LogP) is 4.39. The number of benzene rings is 2. The highest BCUT2D eigenvalue weighted by Crippen LogP contribution is 2.33. The van der Waals surface area contributed by atoms with Crippen molar-refractivity contribution in [2.75, 3.05) is 11.4 Å². The van der Waals surface area contributed by atoms with E-state index in [1.54, 1.807) is 28.4 Å². The molecule has 0 saturated heterocycles. The summed E-state index contributed by atoms with van der Waals surface area (Å²) in [6, 6.07) is 12.4. The van der Waals surface area contributed by atoms with E-state index < -0.39 is 0 Å². The number of aromatic nitrogens is 1. The van der Waals surface area contributed by atoms with Gasteiger partial charge in [-0.15, -0.1) is 11.3 Å². The van der Waals surface area contributed by atoms with Crippen molar-refractivity contribution in [1.82, 2.24) is 4.98 Å². The van der Waals surface area contributed by atoms with Crippen molar-refractivity contribution in [1.29, 1.82) is 0 Å². The van der Waals surface area contributed by atoms with Crippen LogP contribution in [0.25, 0.3) is 11.3 Å². The highest BCUT2D eigenvalue weighted by Gasteiger charge is 2.25. The molecule has 2 aromatic carbocycles. The molecular weight excluding hydrogens is 335 g/mol. The van der Waals surface area contributed by atoms with Gasteiger partial charge in [0.2, 0.25) is 5.91 Å². The standard InChI is InChI=1S/C20H17FN2OS/c1-13-22-18(12-25-13)15-5-6-19-16(11-15)7-8-23(19)20(24)10-14-3-2-4-17(21)9-14/h2-6,9,11-12H,7-8,10H2,1H3. The zero-order valence-electron chi connectivity index (χ0n) is 13.8. The van der Waals surface area contributed by atoms with Crippen LogP contribution in [0.2, 0.25) is 0 Å². The Morgan fingerprint density at radius 3 is 2.92 bits per heavy atom. The van der Waals surface area contributed by atoms with Crippen LogP contribution in [0.1, 0.15) is 16.1 Å². The minimum Gasteiger partial charge on any atom is -0.312 e. The molecule has 1 aliphatic rings. The van der Waals surface area contributed by atoms with Crippen LogP contribution in [0, 0.1) is 12.7 Å². The van der Waals surface area contributed by atoms with E-state index in [9.17, 15) is 9.18 Å². The first-order chi connectivity index (χ1) is 12.1. The molecule has 1 aromatic heterocycles. The van der Waals surface area contributed by atoms with Crippen molar-refractivity contribution in [2.24, 2.45) is 0 Å². The quantitative estimate of drug-likeness (QED) is 0.700. The second kappa shape index (κ2) is 6.41. The third kappa shape index (κ3) is 3.20. The second-order valence-electron chi connectivity index (χ2n) is 6.20. The molecule has 0 saturated carbocycles. The number of carbonyl (C=O) groups is 1. The van der Waals surface area contributed by atoms with Crippen LogP contribution in [0.5, 0.6) is 0 Å². The topological polar surface area (TPSA) is 33.2 Å².